The van der Waals surface area contributed by atoms with E-state index in [4.69, 9.17) is 4.74 Å². The number of anilines is 1. The summed E-state index contributed by atoms with van der Waals surface area (Å²) in [5.41, 5.74) is 3.34. The minimum atomic E-state index is -0.0446. The molecule has 4 rings (SSSR count). The highest BCUT2D eigenvalue weighted by Crippen LogP contribution is 2.48. The van der Waals surface area contributed by atoms with Crippen LogP contribution in [0.25, 0.3) is 0 Å². The second-order valence-corrected chi connectivity index (χ2v) is 7.44. The zero-order valence-corrected chi connectivity index (χ0v) is 14.1. The van der Waals surface area contributed by atoms with Crippen LogP contribution in [-0.2, 0) is 9.53 Å². The van der Waals surface area contributed by atoms with Gasteiger partial charge in [-0.05, 0) is 47.5 Å². The molecule has 0 bridgehead atoms. The first-order valence-electron chi connectivity index (χ1n) is 8.32. The summed E-state index contributed by atoms with van der Waals surface area (Å²) in [6.07, 6.45) is 5.40. The van der Waals surface area contributed by atoms with Crippen LogP contribution in [0.2, 0.25) is 0 Å². The Kier molecular flexibility index (Phi) is 3.95. The standard InChI is InChI=1S/C19H21NO2S/c1-12(21)20-14-8-6-13(7-9-14)18-16-10-11-23-19(16)15-4-2-3-5-17(15)22-18/h6-11,15,17-18H,2-5H2,1H3,(H,20,21)/t15-,17+,18-/m0/s1. The third-order valence-electron chi connectivity index (χ3n) is 4.89. The number of nitrogens with one attached hydrogen (secondary N) is 1. The van der Waals surface area contributed by atoms with Crippen LogP contribution in [0.5, 0.6) is 0 Å². The molecule has 4 heteroatoms. The molecular weight excluding hydrogens is 306 g/mol. The number of fused-ring (bicyclic) bond motifs is 3. The number of carbonyl (C=O) groups excluding carboxylic acids is 1. The van der Waals surface area contributed by atoms with Crippen molar-refractivity contribution in [1.82, 2.24) is 0 Å². The summed E-state index contributed by atoms with van der Waals surface area (Å²) >= 11 is 1.88. The Hall–Kier alpha value is -1.65. The SMILES string of the molecule is CC(=O)Nc1ccc([C@@H]2O[C@@H]3CCCC[C@@H]3c3sccc32)cc1. The Balaban J connectivity index is 1.65. The van der Waals surface area contributed by atoms with Crippen LogP contribution in [-0.4, -0.2) is 12.0 Å². The van der Waals surface area contributed by atoms with Crippen LogP contribution in [0.3, 0.4) is 0 Å². The van der Waals surface area contributed by atoms with E-state index in [1.807, 2.05) is 23.5 Å². The van der Waals surface area contributed by atoms with E-state index in [0.717, 1.165) is 5.69 Å². The molecule has 120 valence electrons. The van der Waals surface area contributed by atoms with Crippen LogP contribution in [0, 0.1) is 0 Å². The van der Waals surface area contributed by atoms with Crippen molar-refractivity contribution >= 4 is 22.9 Å². The number of benzene rings is 1. The molecule has 1 aromatic heterocycles. The molecule has 23 heavy (non-hydrogen) atoms. The Morgan fingerprint density at radius 3 is 2.74 bits per heavy atom. The van der Waals surface area contributed by atoms with Crippen molar-refractivity contribution in [2.45, 2.75) is 50.7 Å². The molecular formula is C19H21NO2S. The number of hydrogen-bond donors (Lipinski definition) is 1. The number of thiophene rings is 1. The highest BCUT2D eigenvalue weighted by Gasteiger charge is 2.38. The Bertz CT molecular complexity index is 706. The molecule has 1 N–H and O–H groups in total. The first-order valence-corrected chi connectivity index (χ1v) is 9.20. The molecule has 1 aliphatic heterocycles. The van der Waals surface area contributed by atoms with Gasteiger partial charge in [0, 0.05) is 23.4 Å². The van der Waals surface area contributed by atoms with Gasteiger partial charge in [-0.3, -0.25) is 4.79 Å². The fourth-order valence-corrected chi connectivity index (χ4v) is 4.98. The van der Waals surface area contributed by atoms with Gasteiger partial charge in [0.25, 0.3) is 0 Å². The summed E-state index contributed by atoms with van der Waals surface area (Å²) in [6, 6.07) is 10.3. The molecule has 1 aliphatic carbocycles. The largest absolute Gasteiger partial charge is 0.365 e. The second-order valence-electron chi connectivity index (χ2n) is 6.49. The van der Waals surface area contributed by atoms with Gasteiger partial charge in [0.05, 0.1) is 6.10 Å². The predicted molar refractivity (Wildman–Crippen MR) is 93.0 cm³/mol. The molecule has 0 radical (unpaired) electrons. The molecule has 0 saturated heterocycles. The van der Waals surface area contributed by atoms with Gasteiger partial charge in [-0.2, -0.15) is 0 Å². The van der Waals surface area contributed by atoms with E-state index in [1.54, 1.807) is 0 Å². The Labute approximate surface area is 140 Å². The lowest BCUT2D eigenvalue weighted by atomic mass is 9.80. The summed E-state index contributed by atoms with van der Waals surface area (Å²) < 4.78 is 6.50. The molecule has 2 aliphatic rings. The van der Waals surface area contributed by atoms with Crippen molar-refractivity contribution in [2.24, 2.45) is 0 Å². The molecule has 1 amide bonds. The van der Waals surface area contributed by atoms with Crippen molar-refractivity contribution in [3.63, 3.8) is 0 Å². The van der Waals surface area contributed by atoms with Gasteiger partial charge < -0.3 is 10.1 Å². The quantitative estimate of drug-likeness (QED) is 0.856. The molecule has 1 saturated carbocycles. The normalized spacial score (nSPS) is 26.2. The van der Waals surface area contributed by atoms with E-state index in [0.29, 0.717) is 12.0 Å². The number of rotatable bonds is 2. The first kappa shape index (κ1) is 14.9. The van der Waals surface area contributed by atoms with Crippen molar-refractivity contribution in [1.29, 1.82) is 0 Å². The van der Waals surface area contributed by atoms with Gasteiger partial charge in [-0.25, -0.2) is 0 Å². The van der Waals surface area contributed by atoms with Crippen LogP contribution >= 0.6 is 11.3 Å². The lowest BCUT2D eigenvalue weighted by Crippen LogP contribution is -2.32. The Morgan fingerprint density at radius 2 is 1.96 bits per heavy atom. The van der Waals surface area contributed by atoms with Crippen LogP contribution in [0.15, 0.2) is 35.7 Å². The summed E-state index contributed by atoms with van der Waals surface area (Å²) in [5, 5.41) is 5.01. The van der Waals surface area contributed by atoms with E-state index >= 15 is 0 Å². The molecule has 0 unspecified atom stereocenters. The average Bonchev–Trinajstić information content (AvgIpc) is 3.04. The summed E-state index contributed by atoms with van der Waals surface area (Å²) in [7, 11) is 0. The molecule has 3 atom stereocenters. The van der Waals surface area contributed by atoms with Crippen molar-refractivity contribution in [3.05, 3.63) is 51.7 Å². The van der Waals surface area contributed by atoms with E-state index in [-0.39, 0.29) is 12.0 Å². The highest BCUT2D eigenvalue weighted by molar-refractivity contribution is 7.10. The molecule has 1 aromatic carbocycles. The zero-order valence-electron chi connectivity index (χ0n) is 13.2. The highest BCUT2D eigenvalue weighted by atomic mass is 32.1. The number of carbonyl (C=O) groups is 1. The average molecular weight is 327 g/mol. The number of amides is 1. The van der Waals surface area contributed by atoms with Gasteiger partial charge in [-0.15, -0.1) is 11.3 Å². The summed E-state index contributed by atoms with van der Waals surface area (Å²) in [6.45, 7) is 1.53. The third-order valence-corrected chi connectivity index (χ3v) is 5.96. The number of hydrogen-bond acceptors (Lipinski definition) is 3. The Morgan fingerprint density at radius 1 is 1.17 bits per heavy atom. The summed E-state index contributed by atoms with van der Waals surface area (Å²) in [4.78, 5) is 12.7. The lowest BCUT2D eigenvalue weighted by Gasteiger charge is -2.39. The van der Waals surface area contributed by atoms with Gasteiger partial charge in [0.15, 0.2) is 0 Å². The maximum absolute atomic E-state index is 11.2. The van der Waals surface area contributed by atoms with Crippen molar-refractivity contribution in [2.75, 3.05) is 5.32 Å². The van der Waals surface area contributed by atoms with Crippen LogP contribution in [0.1, 0.15) is 60.6 Å². The zero-order chi connectivity index (χ0) is 15.8. The topological polar surface area (TPSA) is 38.3 Å². The molecule has 2 aromatic rings. The smallest absolute Gasteiger partial charge is 0.221 e. The maximum atomic E-state index is 11.2. The fourth-order valence-electron chi connectivity index (χ4n) is 3.86. The van der Waals surface area contributed by atoms with Crippen LogP contribution < -0.4 is 5.32 Å². The molecule has 3 nitrogen and oxygen atoms in total. The van der Waals surface area contributed by atoms with E-state index < -0.39 is 0 Å². The lowest BCUT2D eigenvalue weighted by molar-refractivity contribution is -0.114. The van der Waals surface area contributed by atoms with Crippen molar-refractivity contribution in [3.8, 4) is 0 Å². The van der Waals surface area contributed by atoms with E-state index in [2.05, 4.69) is 28.9 Å². The van der Waals surface area contributed by atoms with Gasteiger partial charge in [0.2, 0.25) is 5.91 Å². The van der Waals surface area contributed by atoms with Gasteiger partial charge in [-0.1, -0.05) is 25.0 Å². The van der Waals surface area contributed by atoms with Gasteiger partial charge >= 0.3 is 0 Å². The van der Waals surface area contributed by atoms with E-state index in [9.17, 15) is 4.79 Å². The summed E-state index contributed by atoms with van der Waals surface area (Å²) in [5.74, 6) is 0.547. The first-order chi connectivity index (χ1) is 11.2. The van der Waals surface area contributed by atoms with Crippen molar-refractivity contribution < 1.29 is 9.53 Å². The predicted octanol–water partition coefficient (Wildman–Crippen LogP) is 4.85. The van der Waals surface area contributed by atoms with E-state index in [1.165, 1.54) is 48.6 Å². The van der Waals surface area contributed by atoms with Crippen LogP contribution in [0.4, 0.5) is 5.69 Å². The fraction of sp³-hybridized carbons (Fsp3) is 0.421. The minimum Gasteiger partial charge on any atom is -0.365 e. The number of ether oxygens (including phenoxy) is 1. The maximum Gasteiger partial charge on any atom is 0.221 e. The molecule has 2 heterocycles. The monoisotopic (exact) mass is 327 g/mol. The third kappa shape index (κ3) is 2.81. The van der Waals surface area contributed by atoms with Gasteiger partial charge in [0.1, 0.15) is 6.10 Å². The minimum absolute atomic E-state index is 0.0296. The molecule has 1 fully saturated rings. The second kappa shape index (κ2) is 6.10. The molecule has 0 spiro atoms.